The third-order valence-corrected chi connectivity index (χ3v) is 6.85. The highest BCUT2D eigenvalue weighted by atomic mass is 16.5. The van der Waals surface area contributed by atoms with Crippen molar-refractivity contribution in [3.63, 3.8) is 0 Å². The second-order valence-electron chi connectivity index (χ2n) is 7.67. The van der Waals surface area contributed by atoms with Gasteiger partial charge in [-0.1, -0.05) is 12.5 Å². The van der Waals surface area contributed by atoms with Gasteiger partial charge in [-0.05, 0) is 67.6 Å². The molecule has 2 fully saturated rings. The van der Waals surface area contributed by atoms with Crippen LogP contribution in [0.4, 0.5) is 5.69 Å². The van der Waals surface area contributed by atoms with E-state index < -0.39 is 0 Å². The van der Waals surface area contributed by atoms with E-state index in [1.54, 1.807) is 7.11 Å². The van der Waals surface area contributed by atoms with Gasteiger partial charge >= 0.3 is 0 Å². The third-order valence-electron chi connectivity index (χ3n) is 6.85. The van der Waals surface area contributed by atoms with Crippen LogP contribution in [0.15, 0.2) is 12.1 Å². The van der Waals surface area contributed by atoms with Crippen LogP contribution in [-0.4, -0.2) is 12.9 Å². The number of carbonyl (C=O) groups is 1. The number of ether oxygens (including phenoxy) is 1. The Labute approximate surface area is 137 Å². The second kappa shape index (κ2) is 5.09. The highest BCUT2D eigenvalue weighted by Gasteiger charge is 2.54. The van der Waals surface area contributed by atoms with Crippen LogP contribution in [0.5, 0.6) is 5.75 Å². The molecular formula is C20H23NO2. The molecule has 3 nitrogen and oxygen atoms in total. The van der Waals surface area contributed by atoms with Gasteiger partial charge in [-0.2, -0.15) is 0 Å². The molecule has 1 aromatic carbocycles. The molecule has 23 heavy (non-hydrogen) atoms. The minimum absolute atomic E-state index is 0.0756. The monoisotopic (exact) mass is 309 g/mol. The Morgan fingerprint density at radius 1 is 1.26 bits per heavy atom. The fraction of sp³-hybridized carbons (Fsp3) is 0.600. The lowest BCUT2D eigenvalue weighted by atomic mass is 9.55. The molecule has 3 aliphatic rings. The SMILES string of the molecule is [C-]#[N+]c1cc2c(cc1OC)CC[C@@H]1[C@@H]2CC[C@]2(C)C(=O)CC[C@@H]12. The first-order chi connectivity index (χ1) is 11.1. The number of ketones is 1. The second-order valence-corrected chi connectivity index (χ2v) is 7.67. The Morgan fingerprint density at radius 3 is 2.83 bits per heavy atom. The van der Waals surface area contributed by atoms with Crippen molar-refractivity contribution in [2.45, 2.75) is 51.4 Å². The van der Waals surface area contributed by atoms with E-state index in [0.717, 1.165) is 32.1 Å². The van der Waals surface area contributed by atoms with Gasteiger partial charge in [-0.3, -0.25) is 4.79 Å². The van der Waals surface area contributed by atoms with E-state index in [1.165, 1.54) is 17.5 Å². The summed E-state index contributed by atoms with van der Waals surface area (Å²) in [5, 5.41) is 0. The van der Waals surface area contributed by atoms with Crippen LogP contribution in [0.2, 0.25) is 0 Å². The number of hydrogen-bond donors (Lipinski definition) is 0. The topological polar surface area (TPSA) is 30.7 Å². The highest BCUT2D eigenvalue weighted by Crippen LogP contribution is 2.60. The minimum atomic E-state index is -0.0756. The van der Waals surface area contributed by atoms with Crippen molar-refractivity contribution in [3.05, 3.63) is 34.7 Å². The molecule has 0 N–H and O–H groups in total. The number of nitrogens with zero attached hydrogens (tertiary/aromatic N) is 1. The Morgan fingerprint density at radius 2 is 2.09 bits per heavy atom. The molecule has 0 aliphatic heterocycles. The molecule has 2 saturated carbocycles. The van der Waals surface area contributed by atoms with Crippen LogP contribution < -0.4 is 4.74 Å². The third kappa shape index (κ3) is 1.97. The van der Waals surface area contributed by atoms with E-state index in [0.29, 0.717) is 35.0 Å². The maximum Gasteiger partial charge on any atom is 0.228 e. The lowest BCUT2D eigenvalue weighted by Gasteiger charge is -2.48. The quantitative estimate of drug-likeness (QED) is 0.706. The molecule has 0 bridgehead atoms. The first-order valence-corrected chi connectivity index (χ1v) is 8.70. The summed E-state index contributed by atoms with van der Waals surface area (Å²) in [5.41, 5.74) is 3.26. The number of hydrogen-bond acceptors (Lipinski definition) is 2. The van der Waals surface area contributed by atoms with Gasteiger partial charge in [-0.15, -0.1) is 0 Å². The summed E-state index contributed by atoms with van der Waals surface area (Å²) in [6.07, 6.45) is 6.15. The largest absolute Gasteiger partial charge is 0.508 e. The summed E-state index contributed by atoms with van der Waals surface area (Å²) in [5.74, 6) is 2.87. The van der Waals surface area contributed by atoms with Crippen LogP contribution in [0.1, 0.15) is 56.1 Å². The molecule has 4 atom stereocenters. The highest BCUT2D eigenvalue weighted by molar-refractivity contribution is 5.87. The first-order valence-electron chi connectivity index (χ1n) is 8.70. The van der Waals surface area contributed by atoms with E-state index in [1.807, 2.05) is 0 Å². The molecule has 0 heterocycles. The van der Waals surface area contributed by atoms with Crippen molar-refractivity contribution in [3.8, 4) is 5.75 Å². The number of methoxy groups -OCH3 is 1. The molecule has 0 aromatic heterocycles. The molecule has 1 aromatic rings. The lowest BCUT2D eigenvalue weighted by Crippen LogP contribution is -2.42. The summed E-state index contributed by atoms with van der Waals surface area (Å²) in [6.45, 7) is 9.62. The summed E-state index contributed by atoms with van der Waals surface area (Å²) in [7, 11) is 1.64. The fourth-order valence-corrected chi connectivity index (χ4v) is 5.61. The van der Waals surface area contributed by atoms with E-state index >= 15 is 0 Å². The smallest absolute Gasteiger partial charge is 0.228 e. The van der Waals surface area contributed by atoms with E-state index in [4.69, 9.17) is 11.3 Å². The number of Topliss-reactive ketones (excluding diaryl/α,β-unsaturated/α-hetero) is 1. The van der Waals surface area contributed by atoms with Crippen molar-refractivity contribution in [1.82, 2.24) is 0 Å². The van der Waals surface area contributed by atoms with Crippen molar-refractivity contribution in [2.75, 3.05) is 7.11 Å². The Hall–Kier alpha value is -1.82. The average molecular weight is 309 g/mol. The molecular weight excluding hydrogens is 286 g/mol. The van der Waals surface area contributed by atoms with Gasteiger partial charge in [0.15, 0.2) is 0 Å². The van der Waals surface area contributed by atoms with Gasteiger partial charge in [0.2, 0.25) is 5.69 Å². The lowest BCUT2D eigenvalue weighted by molar-refractivity contribution is -0.129. The molecule has 0 spiro atoms. The fourth-order valence-electron chi connectivity index (χ4n) is 5.61. The molecule has 3 heteroatoms. The number of benzene rings is 1. The Kier molecular flexibility index (Phi) is 3.27. The average Bonchev–Trinajstić information content (AvgIpc) is 2.88. The molecule has 0 saturated heterocycles. The van der Waals surface area contributed by atoms with E-state index in [-0.39, 0.29) is 5.41 Å². The molecule has 4 rings (SSSR count). The van der Waals surface area contributed by atoms with Crippen LogP contribution >= 0.6 is 0 Å². The summed E-state index contributed by atoms with van der Waals surface area (Å²) in [6, 6.07) is 4.14. The van der Waals surface area contributed by atoms with Crippen molar-refractivity contribution in [2.24, 2.45) is 17.3 Å². The Bertz CT molecular complexity index is 717. The molecule has 0 amide bonds. The zero-order valence-corrected chi connectivity index (χ0v) is 13.9. The summed E-state index contributed by atoms with van der Waals surface area (Å²) in [4.78, 5) is 16.0. The predicted octanol–water partition coefficient (Wildman–Crippen LogP) is 4.67. The first kappa shape index (κ1) is 14.8. The zero-order chi connectivity index (χ0) is 16.2. The number of fused-ring (bicyclic) bond motifs is 5. The van der Waals surface area contributed by atoms with Crippen LogP contribution in [0.3, 0.4) is 0 Å². The molecule has 3 aliphatic carbocycles. The summed E-state index contributed by atoms with van der Waals surface area (Å²) < 4.78 is 5.38. The van der Waals surface area contributed by atoms with Gasteiger partial charge in [-0.25, -0.2) is 4.85 Å². The predicted molar refractivity (Wildman–Crippen MR) is 88.9 cm³/mol. The van der Waals surface area contributed by atoms with E-state index in [9.17, 15) is 4.79 Å². The van der Waals surface area contributed by atoms with Gasteiger partial charge in [0.05, 0.1) is 13.7 Å². The number of carbonyl (C=O) groups excluding carboxylic acids is 1. The standard InChI is InChI=1S/C20H23NO2/c1-20-9-8-13-14(16(20)6-7-19(20)22)5-4-12-10-18(23-3)17(21-2)11-15(12)13/h10-11,13-14,16H,4-9H2,1,3H3/t13-,14+,16-,20-/m0/s1. The molecule has 120 valence electrons. The number of aryl methyl sites for hydroxylation is 1. The van der Waals surface area contributed by atoms with Crippen LogP contribution in [-0.2, 0) is 11.2 Å². The molecule has 0 unspecified atom stereocenters. The van der Waals surface area contributed by atoms with Gasteiger partial charge < -0.3 is 4.74 Å². The van der Waals surface area contributed by atoms with Gasteiger partial charge in [0, 0.05) is 11.8 Å². The van der Waals surface area contributed by atoms with E-state index in [2.05, 4.69) is 23.9 Å². The summed E-state index contributed by atoms with van der Waals surface area (Å²) >= 11 is 0. The van der Waals surface area contributed by atoms with Crippen molar-refractivity contribution >= 4 is 11.5 Å². The maximum atomic E-state index is 12.4. The van der Waals surface area contributed by atoms with Crippen molar-refractivity contribution in [1.29, 1.82) is 0 Å². The number of rotatable bonds is 1. The maximum absolute atomic E-state index is 12.4. The van der Waals surface area contributed by atoms with Crippen LogP contribution in [0.25, 0.3) is 4.85 Å². The van der Waals surface area contributed by atoms with Crippen LogP contribution in [0, 0.1) is 23.8 Å². The van der Waals surface area contributed by atoms with Gasteiger partial charge in [0.25, 0.3) is 0 Å². The zero-order valence-electron chi connectivity index (χ0n) is 13.9. The van der Waals surface area contributed by atoms with Crippen molar-refractivity contribution < 1.29 is 9.53 Å². The minimum Gasteiger partial charge on any atom is -0.508 e. The Balaban J connectivity index is 1.75. The normalized spacial score (nSPS) is 35.0. The molecule has 0 radical (unpaired) electrons. The van der Waals surface area contributed by atoms with Gasteiger partial charge in [0.1, 0.15) is 11.5 Å².